The van der Waals surface area contributed by atoms with E-state index in [0.29, 0.717) is 11.6 Å². The molecule has 0 heterocycles. The van der Waals surface area contributed by atoms with Crippen molar-refractivity contribution < 1.29 is 22.7 Å². The molecule has 0 fully saturated rings. The zero-order valence-corrected chi connectivity index (χ0v) is 15.7. The molecule has 0 aromatic heterocycles. The quantitative estimate of drug-likeness (QED) is 0.784. The van der Waals surface area contributed by atoms with E-state index >= 15 is 0 Å². The van der Waals surface area contributed by atoms with Gasteiger partial charge in [0.25, 0.3) is 5.91 Å². The Morgan fingerprint density at radius 2 is 1.65 bits per heavy atom. The highest BCUT2D eigenvalue weighted by Crippen LogP contribution is 2.18. The summed E-state index contributed by atoms with van der Waals surface area (Å²) in [4.78, 5) is 23.9. The number of esters is 1. The molecule has 138 valence electrons. The van der Waals surface area contributed by atoms with Crippen molar-refractivity contribution in [2.45, 2.75) is 24.7 Å². The molecule has 0 atom stereocenters. The number of benzene rings is 2. The Morgan fingerprint density at radius 1 is 1.04 bits per heavy atom. The van der Waals surface area contributed by atoms with Gasteiger partial charge in [-0.1, -0.05) is 38.1 Å². The summed E-state index contributed by atoms with van der Waals surface area (Å²) in [7, 11) is -3.58. The average molecular weight is 375 g/mol. The minimum absolute atomic E-state index is 0.0934. The molecule has 0 bridgehead atoms. The molecule has 1 amide bonds. The first-order valence-electron chi connectivity index (χ1n) is 8.04. The van der Waals surface area contributed by atoms with E-state index in [9.17, 15) is 18.0 Å². The third-order valence-electron chi connectivity index (χ3n) is 3.70. The zero-order valence-electron chi connectivity index (χ0n) is 14.9. The highest BCUT2D eigenvalue weighted by Gasteiger charge is 2.20. The Labute approximate surface area is 153 Å². The molecule has 0 spiro atoms. The second-order valence-electron chi connectivity index (χ2n) is 6.17. The van der Waals surface area contributed by atoms with Crippen LogP contribution < -0.4 is 5.32 Å². The van der Waals surface area contributed by atoms with Crippen molar-refractivity contribution >= 4 is 27.4 Å². The van der Waals surface area contributed by atoms with Gasteiger partial charge in [-0.15, -0.1) is 0 Å². The van der Waals surface area contributed by atoms with Crippen LogP contribution in [-0.4, -0.2) is 33.2 Å². The summed E-state index contributed by atoms with van der Waals surface area (Å²) in [5, 5.41) is 2.63. The van der Waals surface area contributed by atoms with Gasteiger partial charge in [0.1, 0.15) is 0 Å². The minimum Gasteiger partial charge on any atom is -0.452 e. The second kappa shape index (κ2) is 8.14. The van der Waals surface area contributed by atoms with Gasteiger partial charge in [0.2, 0.25) is 0 Å². The van der Waals surface area contributed by atoms with Crippen LogP contribution >= 0.6 is 0 Å². The molecule has 1 N–H and O–H groups in total. The number of carbonyl (C=O) groups is 2. The van der Waals surface area contributed by atoms with E-state index in [1.54, 1.807) is 12.1 Å². The normalized spacial score (nSPS) is 11.2. The molecule has 0 unspecified atom stereocenters. The molecule has 6 nitrogen and oxygen atoms in total. The van der Waals surface area contributed by atoms with Gasteiger partial charge in [-0.3, -0.25) is 4.79 Å². The molecule has 0 saturated heterocycles. The Balaban J connectivity index is 1.98. The summed E-state index contributed by atoms with van der Waals surface area (Å²) in [6, 6.07) is 13.1. The molecule has 7 heteroatoms. The van der Waals surface area contributed by atoms with Crippen LogP contribution in [-0.2, 0) is 19.4 Å². The van der Waals surface area contributed by atoms with E-state index in [2.05, 4.69) is 19.2 Å². The van der Waals surface area contributed by atoms with Gasteiger partial charge < -0.3 is 10.1 Å². The lowest BCUT2D eigenvalue weighted by atomic mass is 10.0. The number of rotatable bonds is 6. The lowest BCUT2D eigenvalue weighted by Gasteiger charge is -2.10. The van der Waals surface area contributed by atoms with E-state index in [1.807, 2.05) is 12.1 Å². The number of hydrogen-bond acceptors (Lipinski definition) is 5. The van der Waals surface area contributed by atoms with Crippen LogP contribution in [0.1, 0.15) is 35.7 Å². The molecule has 2 aromatic rings. The number of hydrogen-bond donors (Lipinski definition) is 1. The van der Waals surface area contributed by atoms with Crippen LogP contribution in [0.25, 0.3) is 0 Å². The molecular weight excluding hydrogens is 354 g/mol. The first-order chi connectivity index (χ1) is 12.2. The van der Waals surface area contributed by atoms with E-state index in [0.717, 1.165) is 11.8 Å². The summed E-state index contributed by atoms with van der Waals surface area (Å²) in [5.41, 5.74) is 1.64. The lowest BCUT2D eigenvalue weighted by molar-refractivity contribution is -0.119. The summed E-state index contributed by atoms with van der Waals surface area (Å²) < 4.78 is 28.4. The van der Waals surface area contributed by atoms with Gasteiger partial charge >= 0.3 is 5.97 Å². The molecule has 26 heavy (non-hydrogen) atoms. The maximum Gasteiger partial charge on any atom is 0.339 e. The van der Waals surface area contributed by atoms with Crippen molar-refractivity contribution in [3.8, 4) is 0 Å². The summed E-state index contributed by atoms with van der Waals surface area (Å²) in [6.07, 6.45) is 1.01. The molecule has 0 aliphatic carbocycles. The standard InChI is InChI=1S/C19H21NO5S/c1-13(2)14-8-10-15(11-9-14)20-18(21)12-25-19(22)16-6-4-5-7-17(16)26(3,23)24/h4-11,13H,12H2,1-3H3,(H,20,21). The number of amides is 1. The van der Waals surface area contributed by atoms with Gasteiger partial charge in [-0.2, -0.15) is 0 Å². The molecule has 0 aliphatic heterocycles. The first kappa shape index (κ1) is 19.7. The van der Waals surface area contributed by atoms with E-state index in [-0.39, 0.29) is 10.5 Å². The smallest absolute Gasteiger partial charge is 0.339 e. The number of anilines is 1. The predicted octanol–water partition coefficient (Wildman–Crippen LogP) is 3.01. The summed E-state index contributed by atoms with van der Waals surface area (Å²) in [6.45, 7) is 3.63. The number of nitrogens with one attached hydrogen (secondary N) is 1. The Bertz CT molecular complexity index is 902. The number of carbonyl (C=O) groups excluding carboxylic acids is 2. The van der Waals surface area contributed by atoms with E-state index in [4.69, 9.17) is 4.74 Å². The van der Waals surface area contributed by atoms with E-state index < -0.39 is 28.3 Å². The largest absolute Gasteiger partial charge is 0.452 e. The van der Waals surface area contributed by atoms with Crippen LogP contribution in [0.15, 0.2) is 53.4 Å². The van der Waals surface area contributed by atoms with Crippen molar-refractivity contribution in [3.05, 3.63) is 59.7 Å². The molecule has 2 rings (SSSR count). The van der Waals surface area contributed by atoms with Crippen LogP contribution in [0, 0.1) is 0 Å². The van der Waals surface area contributed by atoms with Crippen LogP contribution in [0.3, 0.4) is 0 Å². The van der Waals surface area contributed by atoms with Gasteiger partial charge in [0.15, 0.2) is 16.4 Å². The maximum absolute atomic E-state index is 12.1. The number of ether oxygens (including phenoxy) is 1. The SMILES string of the molecule is CC(C)c1ccc(NC(=O)COC(=O)c2ccccc2S(C)(=O)=O)cc1. The molecule has 2 aromatic carbocycles. The van der Waals surface area contributed by atoms with Crippen molar-refractivity contribution in [1.29, 1.82) is 0 Å². The minimum atomic E-state index is -3.58. The molecule has 0 aliphatic rings. The van der Waals surface area contributed by atoms with Gasteiger partial charge in [0, 0.05) is 11.9 Å². The fourth-order valence-corrected chi connectivity index (χ4v) is 3.19. The van der Waals surface area contributed by atoms with Crippen LogP contribution in [0.2, 0.25) is 0 Å². The Morgan fingerprint density at radius 3 is 2.23 bits per heavy atom. The first-order valence-corrected chi connectivity index (χ1v) is 9.93. The van der Waals surface area contributed by atoms with E-state index in [1.165, 1.54) is 24.3 Å². The molecular formula is C19H21NO5S. The third-order valence-corrected chi connectivity index (χ3v) is 4.86. The zero-order chi connectivity index (χ0) is 19.3. The van der Waals surface area contributed by atoms with Crippen molar-refractivity contribution in [2.24, 2.45) is 0 Å². The third kappa shape index (κ3) is 5.16. The second-order valence-corrected chi connectivity index (χ2v) is 8.15. The number of sulfone groups is 1. The van der Waals surface area contributed by atoms with Crippen molar-refractivity contribution in [3.63, 3.8) is 0 Å². The summed E-state index contributed by atoms with van der Waals surface area (Å²) in [5.74, 6) is -0.987. The van der Waals surface area contributed by atoms with Crippen molar-refractivity contribution in [2.75, 3.05) is 18.2 Å². The lowest BCUT2D eigenvalue weighted by Crippen LogP contribution is -2.21. The monoisotopic (exact) mass is 375 g/mol. The molecule has 0 radical (unpaired) electrons. The van der Waals surface area contributed by atoms with Crippen LogP contribution in [0.4, 0.5) is 5.69 Å². The highest BCUT2D eigenvalue weighted by molar-refractivity contribution is 7.90. The fraction of sp³-hybridized carbons (Fsp3) is 0.263. The Hall–Kier alpha value is -2.67. The fourth-order valence-electron chi connectivity index (χ4n) is 2.32. The predicted molar refractivity (Wildman–Crippen MR) is 99.0 cm³/mol. The highest BCUT2D eigenvalue weighted by atomic mass is 32.2. The van der Waals surface area contributed by atoms with Gasteiger partial charge in [-0.25, -0.2) is 13.2 Å². The average Bonchev–Trinajstić information content (AvgIpc) is 2.59. The summed E-state index contributed by atoms with van der Waals surface area (Å²) >= 11 is 0. The van der Waals surface area contributed by atoms with Gasteiger partial charge in [0.05, 0.1) is 10.5 Å². The maximum atomic E-state index is 12.1. The molecule has 0 saturated carbocycles. The Kier molecular flexibility index (Phi) is 6.15. The van der Waals surface area contributed by atoms with Crippen molar-refractivity contribution in [1.82, 2.24) is 0 Å². The van der Waals surface area contributed by atoms with Gasteiger partial charge in [-0.05, 0) is 35.7 Å². The topological polar surface area (TPSA) is 89.5 Å². The van der Waals surface area contributed by atoms with Crippen LogP contribution in [0.5, 0.6) is 0 Å².